The van der Waals surface area contributed by atoms with Gasteiger partial charge in [0.05, 0.1) is 13.2 Å². The molecule has 0 saturated heterocycles. The van der Waals surface area contributed by atoms with Crippen LogP contribution in [-0.2, 0) is 32.7 Å². The highest BCUT2D eigenvalue weighted by Crippen LogP contribution is 2.43. The zero-order chi connectivity index (χ0) is 51.0. The molecule has 0 bridgehead atoms. The summed E-state index contributed by atoms with van der Waals surface area (Å²) in [6, 6.07) is 0. The number of phosphoric acid groups is 1. The van der Waals surface area contributed by atoms with Gasteiger partial charge in [0.25, 0.3) is 0 Å². The lowest BCUT2D eigenvalue weighted by Gasteiger charge is -2.19. The van der Waals surface area contributed by atoms with E-state index in [1.54, 1.807) is 0 Å². The van der Waals surface area contributed by atoms with Crippen LogP contribution in [0.25, 0.3) is 0 Å². The second-order valence-corrected chi connectivity index (χ2v) is 19.2. The molecule has 0 amide bonds. The van der Waals surface area contributed by atoms with Crippen molar-refractivity contribution in [1.29, 1.82) is 0 Å². The summed E-state index contributed by atoms with van der Waals surface area (Å²) in [5.74, 6) is -0.857. The summed E-state index contributed by atoms with van der Waals surface area (Å²) in [6.45, 7) is 3.55. The largest absolute Gasteiger partial charge is 0.472 e. The van der Waals surface area contributed by atoms with Crippen LogP contribution >= 0.6 is 7.82 Å². The van der Waals surface area contributed by atoms with Crippen LogP contribution in [0.3, 0.4) is 0 Å². The fraction of sp³-hybridized carbons (Fsp3) is 0.633. The second kappa shape index (κ2) is 54.7. The predicted molar refractivity (Wildman–Crippen MR) is 297 cm³/mol. The molecule has 0 aliphatic heterocycles. The lowest BCUT2D eigenvalue weighted by atomic mass is 10.0. The first-order chi connectivity index (χ1) is 34.3. The number of unbranched alkanes of at least 4 members (excludes halogenated alkanes) is 17. The highest BCUT2D eigenvalue weighted by atomic mass is 31.2. The SMILES string of the molecule is CC/C=C\C/C=C\C/C=C\C/C=C\C/C=C\C/C=C\C/C=C\C/C=C\CCCCCCCCCCCCC(=O)OC(COC(=O)CCCCCCC/C=C\C/C=C\CCCC)COP(=O)(O)OCCN. The molecule has 0 aromatic heterocycles. The quantitative estimate of drug-likeness (QED) is 0.0264. The number of ether oxygens (including phenoxy) is 2. The van der Waals surface area contributed by atoms with E-state index in [2.05, 4.69) is 135 Å². The van der Waals surface area contributed by atoms with Gasteiger partial charge in [-0.25, -0.2) is 4.57 Å². The fourth-order valence-corrected chi connectivity index (χ4v) is 7.78. The molecule has 2 atom stereocenters. The molecule has 0 aromatic rings. The minimum absolute atomic E-state index is 0.0449. The number of phosphoric ester groups is 1. The van der Waals surface area contributed by atoms with Crippen molar-refractivity contribution >= 4 is 19.8 Å². The van der Waals surface area contributed by atoms with Crippen molar-refractivity contribution in [2.45, 2.75) is 219 Å². The maximum Gasteiger partial charge on any atom is 0.472 e. The molecule has 0 heterocycles. The average molecular weight is 994 g/mol. The van der Waals surface area contributed by atoms with E-state index >= 15 is 0 Å². The number of carbonyl (C=O) groups excluding carboxylic acids is 2. The van der Waals surface area contributed by atoms with Crippen LogP contribution in [0.15, 0.2) is 122 Å². The van der Waals surface area contributed by atoms with Gasteiger partial charge in [-0.1, -0.05) is 219 Å². The Labute approximate surface area is 428 Å². The molecule has 0 radical (unpaired) electrons. The molecule has 0 rings (SSSR count). The van der Waals surface area contributed by atoms with Gasteiger partial charge in [-0.15, -0.1) is 0 Å². The molecule has 0 aliphatic rings. The summed E-state index contributed by atoms with van der Waals surface area (Å²) >= 11 is 0. The molecule has 70 heavy (non-hydrogen) atoms. The van der Waals surface area contributed by atoms with Gasteiger partial charge < -0.3 is 20.1 Å². The Bertz CT molecular complexity index is 1550. The van der Waals surface area contributed by atoms with Crippen LogP contribution in [0.4, 0.5) is 0 Å². The minimum atomic E-state index is -4.39. The summed E-state index contributed by atoms with van der Waals surface area (Å²) < 4.78 is 32.9. The molecule has 0 aromatic carbocycles. The Balaban J connectivity index is 4.00. The van der Waals surface area contributed by atoms with Gasteiger partial charge in [-0.2, -0.15) is 0 Å². The van der Waals surface area contributed by atoms with E-state index in [0.29, 0.717) is 12.8 Å². The smallest absolute Gasteiger partial charge is 0.462 e. The number of hydrogen-bond donors (Lipinski definition) is 2. The molecular weight excluding hydrogens is 894 g/mol. The zero-order valence-corrected chi connectivity index (χ0v) is 45.1. The van der Waals surface area contributed by atoms with E-state index in [1.165, 1.54) is 51.4 Å². The van der Waals surface area contributed by atoms with E-state index in [0.717, 1.165) is 122 Å². The third kappa shape index (κ3) is 53.8. The minimum Gasteiger partial charge on any atom is -0.462 e. The van der Waals surface area contributed by atoms with Crippen molar-refractivity contribution in [2.75, 3.05) is 26.4 Å². The maximum absolute atomic E-state index is 12.7. The highest BCUT2D eigenvalue weighted by molar-refractivity contribution is 7.47. The number of hydrogen-bond acceptors (Lipinski definition) is 8. The summed E-state index contributed by atoms with van der Waals surface area (Å²) in [6.07, 6.45) is 75.3. The first-order valence-electron chi connectivity index (χ1n) is 27.5. The van der Waals surface area contributed by atoms with E-state index < -0.39 is 32.5 Å². The van der Waals surface area contributed by atoms with Crippen LogP contribution in [-0.4, -0.2) is 49.3 Å². The first-order valence-corrected chi connectivity index (χ1v) is 29.0. The molecular formula is C60H100NO8P. The molecule has 0 spiro atoms. The van der Waals surface area contributed by atoms with Crippen LogP contribution < -0.4 is 5.73 Å². The van der Waals surface area contributed by atoms with Gasteiger partial charge in [0.2, 0.25) is 0 Å². The van der Waals surface area contributed by atoms with E-state index in [4.69, 9.17) is 24.3 Å². The van der Waals surface area contributed by atoms with Crippen LogP contribution in [0.2, 0.25) is 0 Å². The molecule has 3 N–H and O–H groups in total. The van der Waals surface area contributed by atoms with Crippen molar-refractivity contribution < 1.29 is 37.6 Å². The maximum atomic E-state index is 12.7. The molecule has 0 aliphatic carbocycles. The molecule has 0 fully saturated rings. The van der Waals surface area contributed by atoms with Crippen molar-refractivity contribution in [3.63, 3.8) is 0 Å². The lowest BCUT2D eigenvalue weighted by Crippen LogP contribution is -2.29. The summed E-state index contributed by atoms with van der Waals surface area (Å²) in [7, 11) is -4.39. The van der Waals surface area contributed by atoms with Crippen molar-refractivity contribution in [2.24, 2.45) is 5.73 Å². The topological polar surface area (TPSA) is 134 Å². The Morgan fingerprint density at radius 2 is 0.786 bits per heavy atom. The van der Waals surface area contributed by atoms with E-state index in [9.17, 15) is 19.0 Å². The van der Waals surface area contributed by atoms with Gasteiger partial charge in [0.15, 0.2) is 6.10 Å². The van der Waals surface area contributed by atoms with Crippen molar-refractivity contribution in [3.05, 3.63) is 122 Å². The normalized spacial score (nSPS) is 14.1. The summed E-state index contributed by atoms with van der Waals surface area (Å²) in [5, 5.41) is 0. The van der Waals surface area contributed by atoms with E-state index in [-0.39, 0.29) is 32.6 Å². The van der Waals surface area contributed by atoms with Gasteiger partial charge >= 0.3 is 19.8 Å². The number of esters is 2. The van der Waals surface area contributed by atoms with Crippen LogP contribution in [0, 0.1) is 0 Å². The van der Waals surface area contributed by atoms with Crippen LogP contribution in [0.5, 0.6) is 0 Å². The number of allylic oxidation sites excluding steroid dienone is 20. The molecule has 0 saturated carbocycles. The third-order valence-electron chi connectivity index (χ3n) is 11.1. The molecule has 2 unspecified atom stereocenters. The monoisotopic (exact) mass is 994 g/mol. The van der Waals surface area contributed by atoms with Gasteiger partial charge in [0.1, 0.15) is 6.61 Å². The summed E-state index contributed by atoms with van der Waals surface area (Å²) in [5.41, 5.74) is 5.37. The number of carbonyl (C=O) groups is 2. The molecule has 10 heteroatoms. The number of nitrogens with two attached hydrogens (primary N) is 1. The second-order valence-electron chi connectivity index (χ2n) is 17.7. The zero-order valence-electron chi connectivity index (χ0n) is 44.2. The third-order valence-corrected chi connectivity index (χ3v) is 12.1. The molecule has 9 nitrogen and oxygen atoms in total. The Kier molecular flexibility index (Phi) is 51.9. The standard InChI is InChI=1S/C60H100NO8P/c1-3-5-7-9-11-13-15-17-19-20-21-22-23-24-25-26-27-28-29-30-31-32-33-34-35-36-37-38-39-41-43-45-47-49-51-53-60(63)69-58(57-68-70(64,65)67-55-54-61)56-66-59(62)52-50-48-46-44-42-40-18-16-14-12-10-8-6-4-2/h5,7,10-13,16-19,21-22,24-25,27-28,30-31,33-34,58H,3-4,6,8-9,14-15,20,23,26,29,32,35-57,61H2,1-2H3,(H,64,65)/b7-5-,12-10-,13-11-,18-16-,19-17-,22-21-,25-24-,28-27-,31-30-,34-33-. The van der Waals surface area contributed by atoms with Gasteiger partial charge in [-0.05, 0) is 103 Å². The van der Waals surface area contributed by atoms with Crippen molar-refractivity contribution in [1.82, 2.24) is 0 Å². The Morgan fingerprint density at radius 1 is 0.443 bits per heavy atom. The van der Waals surface area contributed by atoms with Gasteiger partial charge in [-0.3, -0.25) is 18.6 Å². The van der Waals surface area contributed by atoms with Crippen molar-refractivity contribution in [3.8, 4) is 0 Å². The van der Waals surface area contributed by atoms with Crippen LogP contribution in [0.1, 0.15) is 213 Å². The van der Waals surface area contributed by atoms with Gasteiger partial charge in [0, 0.05) is 19.4 Å². The first kappa shape index (κ1) is 66.4. The summed E-state index contributed by atoms with van der Waals surface area (Å²) in [4.78, 5) is 35.1. The number of rotatable bonds is 50. The highest BCUT2D eigenvalue weighted by Gasteiger charge is 2.26. The Hall–Kier alpha value is -3.59. The fourth-order valence-electron chi connectivity index (χ4n) is 7.02. The molecule has 398 valence electrons. The predicted octanol–water partition coefficient (Wildman–Crippen LogP) is 17.2. The Morgan fingerprint density at radius 3 is 1.17 bits per heavy atom. The average Bonchev–Trinajstić information content (AvgIpc) is 3.35. The lowest BCUT2D eigenvalue weighted by molar-refractivity contribution is -0.161. The van der Waals surface area contributed by atoms with E-state index in [1.807, 2.05) is 0 Å².